The van der Waals surface area contributed by atoms with Crippen molar-refractivity contribution in [2.24, 2.45) is 0 Å². The van der Waals surface area contributed by atoms with Crippen LogP contribution in [0, 0.1) is 0 Å². The first-order valence-electron chi connectivity index (χ1n) is 7.06. The van der Waals surface area contributed by atoms with E-state index in [9.17, 15) is 0 Å². The van der Waals surface area contributed by atoms with Crippen molar-refractivity contribution in [3.8, 4) is 11.5 Å². The highest BCUT2D eigenvalue weighted by Gasteiger charge is 2.14. The van der Waals surface area contributed by atoms with Crippen LogP contribution in [0.4, 0.5) is 11.5 Å². The third-order valence-corrected chi connectivity index (χ3v) is 3.40. The number of aromatic nitrogens is 5. The fourth-order valence-electron chi connectivity index (χ4n) is 2.35. The first-order chi connectivity index (χ1) is 10.8. The second-order valence-corrected chi connectivity index (χ2v) is 4.78. The fraction of sp³-hybridized carbons (Fsp3) is 0.286. The largest absolute Gasteiger partial charge is 0.486 e. The van der Waals surface area contributed by atoms with E-state index in [1.54, 1.807) is 4.68 Å². The molecule has 0 fully saturated rings. The van der Waals surface area contributed by atoms with Gasteiger partial charge in [-0.1, -0.05) is 5.21 Å². The summed E-state index contributed by atoms with van der Waals surface area (Å²) < 4.78 is 12.8. The smallest absolute Gasteiger partial charge is 0.183 e. The van der Waals surface area contributed by atoms with Crippen LogP contribution in [-0.2, 0) is 6.54 Å². The number of fused-ring (bicyclic) bond motifs is 2. The Morgan fingerprint density at radius 1 is 1.18 bits per heavy atom. The Morgan fingerprint density at radius 3 is 2.91 bits per heavy atom. The van der Waals surface area contributed by atoms with Crippen LogP contribution in [0.2, 0.25) is 0 Å². The van der Waals surface area contributed by atoms with E-state index in [2.05, 4.69) is 25.6 Å². The summed E-state index contributed by atoms with van der Waals surface area (Å²) in [7, 11) is 0. The maximum atomic E-state index is 5.58. The van der Waals surface area contributed by atoms with Gasteiger partial charge in [0.15, 0.2) is 28.5 Å². The number of rotatable bonds is 3. The van der Waals surface area contributed by atoms with Crippen molar-refractivity contribution in [3.05, 3.63) is 24.5 Å². The topological polar surface area (TPSA) is 87.0 Å². The van der Waals surface area contributed by atoms with Crippen LogP contribution in [-0.4, -0.2) is 38.2 Å². The average molecular weight is 298 g/mol. The zero-order valence-corrected chi connectivity index (χ0v) is 12.0. The van der Waals surface area contributed by atoms with Crippen molar-refractivity contribution in [3.63, 3.8) is 0 Å². The molecule has 0 spiro atoms. The molecule has 8 nitrogen and oxygen atoms in total. The normalized spacial score (nSPS) is 13.3. The highest BCUT2D eigenvalue weighted by atomic mass is 16.6. The lowest BCUT2D eigenvalue weighted by Crippen LogP contribution is -2.15. The van der Waals surface area contributed by atoms with Gasteiger partial charge in [0.25, 0.3) is 0 Å². The van der Waals surface area contributed by atoms with Gasteiger partial charge in [0.1, 0.15) is 19.5 Å². The van der Waals surface area contributed by atoms with Gasteiger partial charge in [-0.15, -0.1) is 5.10 Å². The van der Waals surface area contributed by atoms with Gasteiger partial charge in [-0.25, -0.2) is 14.6 Å². The third kappa shape index (κ3) is 2.09. The molecule has 0 saturated heterocycles. The fourth-order valence-corrected chi connectivity index (χ4v) is 2.35. The first-order valence-corrected chi connectivity index (χ1v) is 7.06. The zero-order chi connectivity index (χ0) is 14.9. The Bertz CT molecular complexity index is 831. The summed E-state index contributed by atoms with van der Waals surface area (Å²) in [5, 5.41) is 11.4. The number of hydrogen-bond acceptors (Lipinski definition) is 7. The standard InChI is InChI=1S/C14H14N6O2/c1-2-20-14-12(18-19-20)13(15-8-16-14)17-9-3-4-10-11(7-9)22-6-5-21-10/h3-4,7-8H,2,5-6H2,1H3,(H,15,16,17). The Kier molecular flexibility index (Phi) is 2.99. The molecule has 0 atom stereocenters. The molecule has 3 aromatic rings. The van der Waals surface area contributed by atoms with Crippen molar-refractivity contribution < 1.29 is 9.47 Å². The molecule has 0 aliphatic carbocycles. The third-order valence-electron chi connectivity index (χ3n) is 3.40. The van der Waals surface area contributed by atoms with Crippen molar-refractivity contribution in [2.45, 2.75) is 13.5 Å². The molecule has 2 aromatic heterocycles. The molecular formula is C14H14N6O2. The highest BCUT2D eigenvalue weighted by Crippen LogP contribution is 2.33. The van der Waals surface area contributed by atoms with E-state index in [4.69, 9.17) is 9.47 Å². The summed E-state index contributed by atoms with van der Waals surface area (Å²) in [4.78, 5) is 8.48. The van der Waals surface area contributed by atoms with Crippen molar-refractivity contribution in [1.82, 2.24) is 25.0 Å². The van der Waals surface area contributed by atoms with E-state index in [0.717, 1.165) is 17.2 Å². The van der Waals surface area contributed by atoms with Crippen LogP contribution in [0.25, 0.3) is 11.2 Å². The predicted octanol–water partition coefficient (Wildman–Crippen LogP) is 1.76. The molecule has 1 aliphatic heterocycles. The van der Waals surface area contributed by atoms with Crippen molar-refractivity contribution in [2.75, 3.05) is 18.5 Å². The monoisotopic (exact) mass is 298 g/mol. The molecular weight excluding hydrogens is 284 g/mol. The number of benzene rings is 1. The summed E-state index contributed by atoms with van der Waals surface area (Å²) >= 11 is 0. The summed E-state index contributed by atoms with van der Waals surface area (Å²) in [6, 6.07) is 5.66. The zero-order valence-electron chi connectivity index (χ0n) is 12.0. The molecule has 1 aromatic carbocycles. The summed E-state index contributed by atoms with van der Waals surface area (Å²) in [6.45, 7) is 3.83. The van der Waals surface area contributed by atoms with Gasteiger partial charge in [0.2, 0.25) is 0 Å². The molecule has 8 heteroatoms. The number of nitrogens with one attached hydrogen (secondary N) is 1. The number of nitrogens with zero attached hydrogens (tertiary/aromatic N) is 5. The predicted molar refractivity (Wildman–Crippen MR) is 79.5 cm³/mol. The maximum Gasteiger partial charge on any atom is 0.183 e. The molecule has 0 saturated carbocycles. The van der Waals surface area contributed by atoms with Crippen LogP contribution < -0.4 is 14.8 Å². The van der Waals surface area contributed by atoms with Crippen molar-refractivity contribution >= 4 is 22.7 Å². The van der Waals surface area contributed by atoms with Crippen LogP contribution in [0.3, 0.4) is 0 Å². The summed E-state index contributed by atoms with van der Waals surface area (Å²) in [5.41, 5.74) is 2.19. The van der Waals surface area contributed by atoms with Gasteiger partial charge < -0.3 is 14.8 Å². The summed E-state index contributed by atoms with van der Waals surface area (Å²) in [6.07, 6.45) is 1.50. The lowest BCUT2D eigenvalue weighted by molar-refractivity contribution is 0.171. The first kappa shape index (κ1) is 12.8. The molecule has 0 unspecified atom stereocenters. The Balaban J connectivity index is 1.70. The molecule has 0 bridgehead atoms. The summed E-state index contributed by atoms with van der Waals surface area (Å²) in [5.74, 6) is 2.08. The van der Waals surface area contributed by atoms with Gasteiger partial charge in [0, 0.05) is 18.3 Å². The highest BCUT2D eigenvalue weighted by molar-refractivity contribution is 5.84. The van der Waals surface area contributed by atoms with Gasteiger partial charge in [0.05, 0.1) is 0 Å². The molecule has 0 radical (unpaired) electrons. The number of anilines is 2. The van der Waals surface area contributed by atoms with E-state index < -0.39 is 0 Å². The molecule has 22 heavy (non-hydrogen) atoms. The van der Waals surface area contributed by atoms with Crippen LogP contribution >= 0.6 is 0 Å². The van der Waals surface area contributed by atoms with E-state index in [0.29, 0.717) is 36.7 Å². The minimum atomic E-state index is 0.555. The molecule has 1 N–H and O–H groups in total. The molecule has 1 aliphatic rings. The van der Waals surface area contributed by atoms with Crippen LogP contribution in [0.1, 0.15) is 6.92 Å². The molecule has 4 rings (SSSR count). The van der Waals surface area contributed by atoms with Crippen molar-refractivity contribution in [1.29, 1.82) is 0 Å². The quantitative estimate of drug-likeness (QED) is 0.788. The van der Waals surface area contributed by atoms with Gasteiger partial charge in [-0.2, -0.15) is 0 Å². The van der Waals surface area contributed by atoms with E-state index in [1.807, 2.05) is 25.1 Å². The van der Waals surface area contributed by atoms with Gasteiger partial charge >= 0.3 is 0 Å². The lowest BCUT2D eigenvalue weighted by Gasteiger charge is -2.19. The number of hydrogen-bond donors (Lipinski definition) is 1. The second-order valence-electron chi connectivity index (χ2n) is 4.78. The number of ether oxygens (including phenoxy) is 2. The molecule has 0 amide bonds. The van der Waals surface area contributed by atoms with E-state index >= 15 is 0 Å². The lowest BCUT2D eigenvalue weighted by atomic mass is 10.2. The Morgan fingerprint density at radius 2 is 2.05 bits per heavy atom. The molecule has 112 valence electrons. The Labute approximate surface area is 126 Å². The second kappa shape index (κ2) is 5.14. The SMILES string of the molecule is CCn1nnc2c(Nc3ccc4c(c3)OCCO4)ncnc21. The van der Waals surface area contributed by atoms with Crippen LogP contribution in [0.5, 0.6) is 11.5 Å². The minimum absolute atomic E-state index is 0.555. The van der Waals surface area contributed by atoms with Gasteiger partial charge in [-0.3, -0.25) is 0 Å². The molecule has 3 heterocycles. The average Bonchev–Trinajstić information content (AvgIpc) is 2.99. The van der Waals surface area contributed by atoms with Gasteiger partial charge in [-0.05, 0) is 19.1 Å². The Hall–Kier alpha value is -2.90. The van der Waals surface area contributed by atoms with Crippen LogP contribution in [0.15, 0.2) is 24.5 Å². The number of aryl methyl sites for hydroxylation is 1. The maximum absolute atomic E-state index is 5.58. The van der Waals surface area contributed by atoms with E-state index in [1.165, 1.54) is 6.33 Å². The van der Waals surface area contributed by atoms with E-state index in [-0.39, 0.29) is 0 Å². The minimum Gasteiger partial charge on any atom is -0.486 e.